The minimum Gasteiger partial charge on any atom is -0.398 e. The van der Waals surface area contributed by atoms with E-state index < -0.39 is 0 Å². The molecule has 0 aromatic heterocycles. The lowest BCUT2D eigenvalue weighted by atomic mass is 10.2. The van der Waals surface area contributed by atoms with E-state index in [9.17, 15) is 0 Å². The summed E-state index contributed by atoms with van der Waals surface area (Å²) >= 11 is 7.82. The van der Waals surface area contributed by atoms with Crippen molar-refractivity contribution in [3.05, 3.63) is 28.8 Å². The van der Waals surface area contributed by atoms with E-state index in [4.69, 9.17) is 22.1 Å². The van der Waals surface area contributed by atoms with E-state index in [1.807, 2.05) is 30.0 Å². The Balaban J connectivity index is 1.91. The van der Waals surface area contributed by atoms with Crippen LogP contribution in [0.5, 0.6) is 0 Å². The third kappa shape index (κ3) is 2.84. The first-order chi connectivity index (χ1) is 7.66. The van der Waals surface area contributed by atoms with Crippen molar-refractivity contribution in [2.75, 3.05) is 12.3 Å². The summed E-state index contributed by atoms with van der Waals surface area (Å²) in [6.07, 6.45) is 1.52. The molecule has 2 atom stereocenters. The first kappa shape index (κ1) is 12.1. The molecule has 1 heterocycles. The lowest BCUT2D eigenvalue weighted by Crippen LogP contribution is -2.13. The Morgan fingerprint density at radius 1 is 1.56 bits per heavy atom. The summed E-state index contributed by atoms with van der Waals surface area (Å²) in [6.45, 7) is 3.03. The van der Waals surface area contributed by atoms with Gasteiger partial charge in [0.1, 0.15) is 0 Å². The molecule has 2 unspecified atom stereocenters. The molecule has 0 radical (unpaired) electrons. The summed E-state index contributed by atoms with van der Waals surface area (Å²) in [5.41, 5.74) is 7.66. The summed E-state index contributed by atoms with van der Waals surface area (Å²) in [5, 5.41) is 1.24. The number of rotatable bonds is 3. The van der Waals surface area contributed by atoms with Crippen LogP contribution in [0.2, 0.25) is 5.02 Å². The second-order valence-electron chi connectivity index (χ2n) is 4.07. The van der Waals surface area contributed by atoms with Crippen LogP contribution < -0.4 is 5.73 Å². The van der Waals surface area contributed by atoms with E-state index in [0.717, 1.165) is 18.8 Å². The van der Waals surface area contributed by atoms with E-state index in [2.05, 4.69) is 6.92 Å². The molecule has 0 saturated carbocycles. The Morgan fingerprint density at radius 2 is 2.38 bits per heavy atom. The van der Waals surface area contributed by atoms with Gasteiger partial charge < -0.3 is 10.5 Å². The Morgan fingerprint density at radius 3 is 3.00 bits per heavy atom. The van der Waals surface area contributed by atoms with Crippen LogP contribution in [0.15, 0.2) is 18.2 Å². The van der Waals surface area contributed by atoms with Crippen molar-refractivity contribution in [3.8, 4) is 0 Å². The smallest absolute Gasteiger partial charge is 0.0666 e. The van der Waals surface area contributed by atoms with Crippen molar-refractivity contribution in [3.63, 3.8) is 0 Å². The third-order valence-corrected chi connectivity index (χ3v) is 4.72. The van der Waals surface area contributed by atoms with Gasteiger partial charge >= 0.3 is 0 Å². The Kier molecular flexibility index (Phi) is 4.00. The molecule has 2 rings (SSSR count). The van der Waals surface area contributed by atoms with Gasteiger partial charge in [-0.05, 0) is 31.0 Å². The highest BCUT2D eigenvalue weighted by molar-refractivity contribution is 7.99. The number of hydrogen-bond donors (Lipinski definition) is 1. The highest BCUT2D eigenvalue weighted by atomic mass is 35.5. The molecule has 0 spiro atoms. The zero-order chi connectivity index (χ0) is 11.5. The quantitative estimate of drug-likeness (QED) is 0.844. The predicted octanol–water partition coefficient (Wildman–Crippen LogP) is 3.33. The van der Waals surface area contributed by atoms with Gasteiger partial charge in [-0.2, -0.15) is 11.8 Å². The molecule has 16 heavy (non-hydrogen) atoms. The van der Waals surface area contributed by atoms with E-state index >= 15 is 0 Å². The van der Waals surface area contributed by atoms with Crippen LogP contribution in [0.3, 0.4) is 0 Å². The van der Waals surface area contributed by atoms with Crippen molar-refractivity contribution in [2.45, 2.75) is 30.5 Å². The van der Waals surface area contributed by atoms with E-state index in [1.165, 1.54) is 5.56 Å². The fourth-order valence-electron chi connectivity index (χ4n) is 1.82. The summed E-state index contributed by atoms with van der Waals surface area (Å²) in [7, 11) is 0. The van der Waals surface area contributed by atoms with Gasteiger partial charge in [0.2, 0.25) is 0 Å². The molecular formula is C12H16ClNOS. The average molecular weight is 258 g/mol. The van der Waals surface area contributed by atoms with Crippen LogP contribution in [0, 0.1) is 0 Å². The molecule has 1 aliphatic heterocycles. The highest BCUT2D eigenvalue weighted by Crippen LogP contribution is 2.30. The van der Waals surface area contributed by atoms with Gasteiger partial charge in [-0.25, -0.2) is 0 Å². The molecule has 2 nitrogen and oxygen atoms in total. The van der Waals surface area contributed by atoms with Crippen LogP contribution >= 0.6 is 23.4 Å². The standard InChI is InChI=1S/C12H16ClNOS/c1-8-12(4-5-15-8)16-7-9-2-3-10(13)11(14)6-9/h2-3,6,8,12H,4-5,7,14H2,1H3. The molecule has 2 N–H and O–H groups in total. The molecule has 1 saturated heterocycles. The summed E-state index contributed by atoms with van der Waals surface area (Å²) in [4.78, 5) is 0. The summed E-state index contributed by atoms with van der Waals surface area (Å²) in [6, 6.07) is 5.85. The second kappa shape index (κ2) is 5.30. The molecule has 1 fully saturated rings. The minimum atomic E-state index is 0.370. The van der Waals surface area contributed by atoms with Gasteiger partial charge in [-0.1, -0.05) is 17.7 Å². The zero-order valence-corrected chi connectivity index (χ0v) is 10.9. The first-order valence-electron chi connectivity index (χ1n) is 5.44. The van der Waals surface area contributed by atoms with E-state index in [0.29, 0.717) is 22.1 Å². The lowest BCUT2D eigenvalue weighted by Gasteiger charge is -2.13. The minimum absolute atomic E-state index is 0.370. The van der Waals surface area contributed by atoms with Crippen LogP contribution in [0.4, 0.5) is 5.69 Å². The largest absolute Gasteiger partial charge is 0.398 e. The monoisotopic (exact) mass is 257 g/mol. The van der Waals surface area contributed by atoms with Gasteiger partial charge in [0.05, 0.1) is 16.8 Å². The van der Waals surface area contributed by atoms with Crippen molar-refractivity contribution < 1.29 is 4.74 Å². The van der Waals surface area contributed by atoms with Crippen LogP contribution in [-0.4, -0.2) is 18.0 Å². The molecule has 0 bridgehead atoms. The number of nitrogens with two attached hydrogens (primary N) is 1. The van der Waals surface area contributed by atoms with Gasteiger partial charge in [-0.3, -0.25) is 0 Å². The normalized spacial score (nSPS) is 24.9. The zero-order valence-electron chi connectivity index (χ0n) is 9.28. The van der Waals surface area contributed by atoms with Crippen LogP contribution in [-0.2, 0) is 10.5 Å². The molecule has 88 valence electrons. The molecule has 1 aromatic rings. The topological polar surface area (TPSA) is 35.2 Å². The predicted molar refractivity (Wildman–Crippen MR) is 71.0 cm³/mol. The Bertz CT molecular complexity index is 372. The Hall–Kier alpha value is -0.380. The van der Waals surface area contributed by atoms with E-state index in [1.54, 1.807) is 0 Å². The number of nitrogen functional groups attached to an aromatic ring is 1. The number of benzene rings is 1. The third-order valence-electron chi connectivity index (χ3n) is 2.83. The lowest BCUT2D eigenvalue weighted by molar-refractivity contribution is 0.127. The fraction of sp³-hybridized carbons (Fsp3) is 0.500. The van der Waals surface area contributed by atoms with Crippen molar-refractivity contribution in [1.82, 2.24) is 0 Å². The summed E-state index contributed by atoms with van der Waals surface area (Å²) in [5.74, 6) is 0.972. The number of ether oxygens (including phenoxy) is 1. The number of thioether (sulfide) groups is 1. The maximum absolute atomic E-state index is 5.88. The SMILES string of the molecule is CC1OCCC1SCc1ccc(Cl)c(N)c1. The first-order valence-corrected chi connectivity index (χ1v) is 6.86. The molecule has 1 aliphatic rings. The van der Waals surface area contributed by atoms with Crippen molar-refractivity contribution in [2.24, 2.45) is 0 Å². The molecule has 0 amide bonds. The van der Waals surface area contributed by atoms with E-state index in [-0.39, 0.29) is 0 Å². The van der Waals surface area contributed by atoms with Crippen molar-refractivity contribution in [1.29, 1.82) is 0 Å². The number of hydrogen-bond acceptors (Lipinski definition) is 3. The van der Waals surface area contributed by atoms with Gasteiger partial charge in [0, 0.05) is 17.6 Å². The van der Waals surface area contributed by atoms with Gasteiger partial charge in [0.25, 0.3) is 0 Å². The summed E-state index contributed by atoms with van der Waals surface area (Å²) < 4.78 is 5.53. The Labute approximate surface area is 105 Å². The average Bonchev–Trinajstić information content (AvgIpc) is 2.66. The van der Waals surface area contributed by atoms with Crippen LogP contribution in [0.25, 0.3) is 0 Å². The van der Waals surface area contributed by atoms with Crippen molar-refractivity contribution >= 4 is 29.1 Å². The molecule has 1 aromatic carbocycles. The second-order valence-corrected chi connectivity index (χ2v) is 5.70. The maximum atomic E-state index is 5.88. The van der Waals surface area contributed by atoms with Gasteiger partial charge in [0.15, 0.2) is 0 Å². The van der Waals surface area contributed by atoms with Gasteiger partial charge in [-0.15, -0.1) is 0 Å². The molecular weight excluding hydrogens is 242 g/mol. The fourth-order valence-corrected chi connectivity index (χ4v) is 3.13. The highest BCUT2D eigenvalue weighted by Gasteiger charge is 2.24. The molecule has 4 heteroatoms. The number of halogens is 1. The molecule has 0 aliphatic carbocycles. The maximum Gasteiger partial charge on any atom is 0.0666 e. The number of anilines is 1. The van der Waals surface area contributed by atoms with Crippen LogP contribution in [0.1, 0.15) is 18.9 Å².